The third-order valence-corrected chi connectivity index (χ3v) is 5.73. The summed E-state index contributed by atoms with van der Waals surface area (Å²) in [6.45, 7) is 4.49. The second-order valence-corrected chi connectivity index (χ2v) is 8.14. The van der Waals surface area contributed by atoms with E-state index < -0.39 is 0 Å². The average Bonchev–Trinajstić information content (AvgIpc) is 3.16. The minimum absolute atomic E-state index is 0.0511. The van der Waals surface area contributed by atoms with Crippen LogP contribution in [0.4, 0.5) is 0 Å². The van der Waals surface area contributed by atoms with Crippen molar-refractivity contribution in [3.63, 3.8) is 0 Å². The highest BCUT2D eigenvalue weighted by atomic mass is 79.9. The Morgan fingerprint density at radius 2 is 2.04 bits per heavy atom. The molecule has 8 heteroatoms. The summed E-state index contributed by atoms with van der Waals surface area (Å²) in [5, 5.41) is 5.30. The van der Waals surface area contributed by atoms with E-state index in [1.807, 2.05) is 50.2 Å². The number of hydrogen-bond acceptors (Lipinski definition) is 6. The normalized spacial score (nSPS) is 11.2. The quantitative estimate of drug-likeness (QED) is 0.316. The first-order chi connectivity index (χ1) is 13.5. The van der Waals surface area contributed by atoms with E-state index in [9.17, 15) is 4.79 Å². The molecule has 2 aromatic carbocycles. The number of rotatable bonds is 5. The predicted molar refractivity (Wildman–Crippen MR) is 113 cm³/mol. The molecule has 0 N–H and O–H groups in total. The Hall–Kier alpha value is -2.45. The fraction of sp³-hybridized carbons (Fsp3) is 0.200. The maximum absolute atomic E-state index is 12.8. The van der Waals surface area contributed by atoms with Crippen LogP contribution in [0.1, 0.15) is 18.3 Å². The highest BCUT2D eigenvalue weighted by Crippen LogP contribution is 2.24. The van der Waals surface area contributed by atoms with Gasteiger partial charge in [-0.15, -0.1) is 0 Å². The first kappa shape index (κ1) is 18.9. The summed E-state index contributed by atoms with van der Waals surface area (Å²) in [4.78, 5) is 21.9. The van der Waals surface area contributed by atoms with E-state index in [1.165, 1.54) is 11.8 Å². The molecule has 0 saturated heterocycles. The molecule has 0 atom stereocenters. The maximum Gasteiger partial charge on any atom is 0.262 e. The summed E-state index contributed by atoms with van der Waals surface area (Å²) < 4.78 is 7.92. The number of aryl methyl sites for hydroxylation is 1. The van der Waals surface area contributed by atoms with Crippen LogP contribution in [0, 0.1) is 6.92 Å². The molecular formula is C20H17BrN4O2S. The van der Waals surface area contributed by atoms with Gasteiger partial charge in [0.1, 0.15) is 0 Å². The van der Waals surface area contributed by atoms with Crippen LogP contribution in [0.15, 0.2) is 61.4 Å². The smallest absolute Gasteiger partial charge is 0.262 e. The van der Waals surface area contributed by atoms with Gasteiger partial charge in [-0.2, -0.15) is 4.98 Å². The van der Waals surface area contributed by atoms with Crippen LogP contribution in [-0.4, -0.2) is 19.7 Å². The molecule has 0 unspecified atom stereocenters. The molecule has 2 heterocycles. The largest absolute Gasteiger partial charge is 0.334 e. The standard InChI is InChI=1S/C20H17BrN4O2S/c1-3-25-19(26)15-10-14(21)7-8-16(15)22-20(25)28-11-17-23-18(27-24-17)13-6-4-5-12(2)9-13/h4-10H,3,11H2,1-2H3. The van der Waals surface area contributed by atoms with Gasteiger partial charge in [-0.3, -0.25) is 9.36 Å². The van der Waals surface area contributed by atoms with E-state index in [-0.39, 0.29) is 5.56 Å². The van der Waals surface area contributed by atoms with Crippen molar-refractivity contribution in [1.82, 2.24) is 19.7 Å². The highest BCUT2D eigenvalue weighted by molar-refractivity contribution is 9.10. The third kappa shape index (κ3) is 3.74. The van der Waals surface area contributed by atoms with E-state index in [0.29, 0.717) is 40.1 Å². The summed E-state index contributed by atoms with van der Waals surface area (Å²) in [5.41, 5.74) is 2.65. The SMILES string of the molecule is CCn1c(SCc2noc(-c3cccc(C)c3)n2)nc2ccc(Br)cc2c1=O. The summed E-state index contributed by atoms with van der Waals surface area (Å²) in [5.74, 6) is 1.52. The maximum atomic E-state index is 12.8. The lowest BCUT2D eigenvalue weighted by Gasteiger charge is -2.10. The third-order valence-electron chi connectivity index (χ3n) is 4.26. The van der Waals surface area contributed by atoms with Crippen LogP contribution < -0.4 is 5.56 Å². The molecule has 0 aliphatic carbocycles. The van der Waals surface area contributed by atoms with Crippen LogP contribution in [0.5, 0.6) is 0 Å². The summed E-state index contributed by atoms with van der Waals surface area (Å²) >= 11 is 4.84. The Labute approximate surface area is 174 Å². The van der Waals surface area contributed by atoms with E-state index in [2.05, 4.69) is 31.1 Å². The van der Waals surface area contributed by atoms with Crippen molar-refractivity contribution in [2.75, 3.05) is 0 Å². The van der Waals surface area contributed by atoms with E-state index in [4.69, 9.17) is 4.52 Å². The Bertz CT molecular complexity index is 1220. The Morgan fingerprint density at radius 3 is 2.82 bits per heavy atom. The van der Waals surface area contributed by atoms with Gasteiger partial charge in [0, 0.05) is 16.6 Å². The average molecular weight is 457 g/mol. The molecule has 0 spiro atoms. The molecule has 4 rings (SSSR count). The van der Waals surface area contributed by atoms with Crippen molar-refractivity contribution in [3.8, 4) is 11.5 Å². The van der Waals surface area contributed by atoms with Gasteiger partial charge in [0.15, 0.2) is 11.0 Å². The Kier molecular flexibility index (Phi) is 5.32. The molecule has 0 bridgehead atoms. The molecule has 28 heavy (non-hydrogen) atoms. The number of benzene rings is 2. The van der Waals surface area contributed by atoms with Crippen molar-refractivity contribution in [2.24, 2.45) is 0 Å². The minimum Gasteiger partial charge on any atom is -0.334 e. The van der Waals surface area contributed by atoms with Crippen molar-refractivity contribution < 1.29 is 4.52 Å². The van der Waals surface area contributed by atoms with E-state index in [1.54, 1.807) is 10.6 Å². The topological polar surface area (TPSA) is 73.8 Å². The van der Waals surface area contributed by atoms with Gasteiger partial charge in [0.2, 0.25) is 0 Å². The summed E-state index contributed by atoms with van der Waals surface area (Å²) in [7, 11) is 0. The van der Waals surface area contributed by atoms with Gasteiger partial charge in [-0.1, -0.05) is 50.5 Å². The second-order valence-electron chi connectivity index (χ2n) is 6.28. The molecule has 4 aromatic rings. The first-order valence-corrected chi connectivity index (χ1v) is 10.6. The van der Waals surface area contributed by atoms with Gasteiger partial charge >= 0.3 is 0 Å². The number of aromatic nitrogens is 4. The van der Waals surface area contributed by atoms with Gasteiger partial charge in [0.05, 0.1) is 16.7 Å². The number of hydrogen-bond donors (Lipinski definition) is 0. The lowest BCUT2D eigenvalue weighted by atomic mass is 10.1. The number of thioether (sulfide) groups is 1. The first-order valence-electron chi connectivity index (χ1n) is 8.77. The van der Waals surface area contributed by atoms with Gasteiger partial charge in [-0.25, -0.2) is 4.98 Å². The van der Waals surface area contributed by atoms with Crippen molar-refractivity contribution in [3.05, 3.63) is 68.7 Å². The van der Waals surface area contributed by atoms with Crippen molar-refractivity contribution in [2.45, 2.75) is 31.3 Å². The number of halogens is 1. The fourth-order valence-electron chi connectivity index (χ4n) is 2.90. The highest BCUT2D eigenvalue weighted by Gasteiger charge is 2.14. The van der Waals surface area contributed by atoms with E-state index in [0.717, 1.165) is 15.6 Å². The molecule has 0 aliphatic rings. The molecule has 6 nitrogen and oxygen atoms in total. The van der Waals surface area contributed by atoms with Crippen molar-refractivity contribution >= 4 is 38.6 Å². The van der Waals surface area contributed by atoms with Gasteiger partial charge in [-0.05, 0) is 44.2 Å². The summed E-state index contributed by atoms with van der Waals surface area (Å²) in [6, 6.07) is 13.4. The molecule has 0 radical (unpaired) electrons. The second kappa shape index (κ2) is 7.89. The zero-order chi connectivity index (χ0) is 19.7. The molecular weight excluding hydrogens is 440 g/mol. The molecule has 142 valence electrons. The fourth-order valence-corrected chi connectivity index (χ4v) is 4.17. The molecule has 2 aromatic heterocycles. The predicted octanol–water partition coefficient (Wildman–Crippen LogP) is 4.83. The zero-order valence-electron chi connectivity index (χ0n) is 15.3. The van der Waals surface area contributed by atoms with Gasteiger partial charge in [0.25, 0.3) is 11.4 Å². The van der Waals surface area contributed by atoms with Crippen LogP contribution in [0.2, 0.25) is 0 Å². The van der Waals surface area contributed by atoms with E-state index >= 15 is 0 Å². The number of nitrogens with zero attached hydrogens (tertiary/aromatic N) is 4. The molecule has 0 amide bonds. The lowest BCUT2D eigenvalue weighted by molar-refractivity contribution is 0.425. The summed E-state index contributed by atoms with van der Waals surface area (Å²) in [6.07, 6.45) is 0. The van der Waals surface area contributed by atoms with Crippen molar-refractivity contribution in [1.29, 1.82) is 0 Å². The molecule has 0 saturated carbocycles. The van der Waals surface area contributed by atoms with Gasteiger partial charge < -0.3 is 4.52 Å². The zero-order valence-corrected chi connectivity index (χ0v) is 17.7. The van der Waals surface area contributed by atoms with Crippen LogP contribution in [0.25, 0.3) is 22.4 Å². The molecule has 0 aliphatic heterocycles. The van der Waals surface area contributed by atoms with Crippen LogP contribution >= 0.6 is 27.7 Å². The van der Waals surface area contributed by atoms with Crippen LogP contribution in [-0.2, 0) is 12.3 Å². The lowest BCUT2D eigenvalue weighted by Crippen LogP contribution is -2.22. The number of fused-ring (bicyclic) bond motifs is 1. The minimum atomic E-state index is -0.0511. The molecule has 0 fully saturated rings. The monoisotopic (exact) mass is 456 g/mol. The van der Waals surface area contributed by atoms with Crippen LogP contribution in [0.3, 0.4) is 0 Å². The Balaban J connectivity index is 1.61. The Morgan fingerprint density at radius 1 is 1.18 bits per heavy atom.